The van der Waals surface area contributed by atoms with Crippen LogP contribution >= 0.6 is 11.8 Å². The fourth-order valence-electron chi connectivity index (χ4n) is 5.00. The van der Waals surface area contributed by atoms with Crippen molar-refractivity contribution in [2.75, 3.05) is 7.11 Å². The Labute approximate surface area is 202 Å². The predicted octanol–water partition coefficient (Wildman–Crippen LogP) is 5.29. The minimum Gasteiger partial charge on any atom is -0.497 e. The van der Waals surface area contributed by atoms with Crippen molar-refractivity contribution in [3.8, 4) is 5.75 Å². The van der Waals surface area contributed by atoms with Crippen LogP contribution in [0.3, 0.4) is 0 Å². The standard InChI is InChI=1S/C27H27N3O3S/c1-27(2)13-19-22(20(31)14-27)21(17-9-11-18(33-3)12-10-17)23-24(28-19)29-26(30-25(23)32)34-15-16-7-5-4-6-8-16/h4-12,21-22H,13-15H2,1-3H3,(H,29,30,32). The molecule has 2 aliphatic rings. The number of rotatable bonds is 5. The van der Waals surface area contributed by atoms with Crippen molar-refractivity contribution in [2.24, 2.45) is 16.3 Å². The molecular formula is C27H27N3O3S. The van der Waals surface area contributed by atoms with E-state index < -0.39 is 11.8 Å². The van der Waals surface area contributed by atoms with E-state index in [2.05, 4.69) is 18.8 Å². The number of benzene rings is 2. The lowest BCUT2D eigenvalue weighted by molar-refractivity contribution is -0.124. The molecule has 6 nitrogen and oxygen atoms in total. The van der Waals surface area contributed by atoms with Crippen LogP contribution in [-0.4, -0.2) is 28.6 Å². The Morgan fingerprint density at radius 3 is 2.47 bits per heavy atom. The lowest BCUT2D eigenvalue weighted by atomic mass is 9.64. The highest BCUT2D eigenvalue weighted by molar-refractivity contribution is 7.98. The van der Waals surface area contributed by atoms with Crippen molar-refractivity contribution < 1.29 is 9.53 Å². The topological polar surface area (TPSA) is 84.4 Å². The van der Waals surface area contributed by atoms with E-state index in [9.17, 15) is 9.59 Å². The largest absolute Gasteiger partial charge is 0.497 e. The summed E-state index contributed by atoms with van der Waals surface area (Å²) in [4.78, 5) is 39.3. The number of fused-ring (bicyclic) bond motifs is 2. The van der Waals surface area contributed by atoms with Crippen molar-refractivity contribution in [1.29, 1.82) is 0 Å². The van der Waals surface area contributed by atoms with Crippen LogP contribution in [0.5, 0.6) is 5.75 Å². The molecule has 1 aliphatic carbocycles. The monoisotopic (exact) mass is 473 g/mol. The molecular weight excluding hydrogens is 446 g/mol. The molecule has 2 atom stereocenters. The molecule has 2 aromatic carbocycles. The number of carbonyl (C=O) groups is 1. The van der Waals surface area contributed by atoms with Crippen molar-refractivity contribution in [3.63, 3.8) is 0 Å². The van der Waals surface area contributed by atoms with Gasteiger partial charge in [0.05, 0.1) is 18.6 Å². The number of nitrogens with zero attached hydrogens (tertiary/aromatic N) is 2. The second-order valence-corrected chi connectivity index (χ2v) is 10.7. The van der Waals surface area contributed by atoms with Gasteiger partial charge in [0.25, 0.3) is 5.56 Å². The van der Waals surface area contributed by atoms with Gasteiger partial charge < -0.3 is 9.72 Å². The molecule has 2 unspecified atom stereocenters. The number of aromatic amines is 1. The number of hydrogen-bond donors (Lipinski definition) is 1. The molecule has 0 bridgehead atoms. The maximum Gasteiger partial charge on any atom is 0.257 e. The van der Waals surface area contributed by atoms with E-state index in [0.717, 1.165) is 22.6 Å². The van der Waals surface area contributed by atoms with Crippen LogP contribution in [0.15, 0.2) is 69.5 Å². The molecule has 34 heavy (non-hydrogen) atoms. The molecule has 0 radical (unpaired) electrons. The maximum atomic E-state index is 13.4. The minimum atomic E-state index is -0.445. The van der Waals surface area contributed by atoms with Gasteiger partial charge >= 0.3 is 0 Å². The summed E-state index contributed by atoms with van der Waals surface area (Å²) in [6.07, 6.45) is 1.17. The van der Waals surface area contributed by atoms with Crippen LogP contribution in [0, 0.1) is 11.3 Å². The van der Waals surface area contributed by atoms with Gasteiger partial charge in [0.2, 0.25) is 0 Å². The average molecular weight is 474 g/mol. The van der Waals surface area contributed by atoms with E-state index in [1.54, 1.807) is 7.11 Å². The molecule has 2 heterocycles. The molecule has 1 aliphatic heterocycles. The highest BCUT2D eigenvalue weighted by Crippen LogP contribution is 2.47. The molecule has 5 rings (SSSR count). The first-order valence-electron chi connectivity index (χ1n) is 11.4. The number of carbonyl (C=O) groups excluding carboxylic acids is 1. The molecule has 0 amide bonds. The Hall–Kier alpha value is -3.19. The molecule has 1 aromatic heterocycles. The Balaban J connectivity index is 1.59. The van der Waals surface area contributed by atoms with E-state index in [4.69, 9.17) is 14.7 Å². The van der Waals surface area contributed by atoms with Crippen LogP contribution in [0.4, 0.5) is 5.82 Å². The van der Waals surface area contributed by atoms with Gasteiger partial charge in [-0.15, -0.1) is 0 Å². The summed E-state index contributed by atoms with van der Waals surface area (Å²) in [7, 11) is 1.62. The molecule has 0 saturated heterocycles. The zero-order valence-electron chi connectivity index (χ0n) is 19.5. The SMILES string of the molecule is COc1ccc(C2c3c(nc(SCc4ccccc4)[nH]c3=O)N=C3CC(C)(C)CC(=O)C32)cc1. The Morgan fingerprint density at radius 2 is 1.76 bits per heavy atom. The summed E-state index contributed by atoms with van der Waals surface area (Å²) in [6.45, 7) is 4.18. The highest BCUT2D eigenvalue weighted by Gasteiger charge is 2.47. The minimum absolute atomic E-state index is 0.128. The zero-order chi connectivity index (χ0) is 23.9. The first kappa shape index (κ1) is 22.6. The number of ketones is 1. The second kappa shape index (κ2) is 8.87. The third kappa shape index (κ3) is 4.32. The van der Waals surface area contributed by atoms with E-state index in [0.29, 0.717) is 35.1 Å². The third-order valence-electron chi connectivity index (χ3n) is 6.52. The van der Waals surface area contributed by atoms with Gasteiger partial charge in [-0.2, -0.15) is 0 Å². The second-order valence-electron chi connectivity index (χ2n) is 9.70. The summed E-state index contributed by atoms with van der Waals surface area (Å²) in [6, 6.07) is 17.6. The van der Waals surface area contributed by atoms with Gasteiger partial charge in [-0.05, 0) is 35.1 Å². The number of Topliss-reactive ketones (excluding diaryl/α,β-unsaturated/α-hetero) is 1. The fraction of sp³-hybridized carbons (Fsp3) is 0.333. The van der Waals surface area contributed by atoms with Crippen LogP contribution in [0.2, 0.25) is 0 Å². The summed E-state index contributed by atoms with van der Waals surface area (Å²) in [5, 5.41) is 0.533. The lowest BCUT2D eigenvalue weighted by Gasteiger charge is -2.40. The Kier molecular flexibility index (Phi) is 5.90. The number of aromatic nitrogens is 2. The van der Waals surface area contributed by atoms with Crippen LogP contribution in [0.1, 0.15) is 49.3 Å². The van der Waals surface area contributed by atoms with Crippen molar-refractivity contribution in [3.05, 3.63) is 81.6 Å². The quantitative estimate of drug-likeness (QED) is 0.402. The van der Waals surface area contributed by atoms with E-state index in [1.807, 2.05) is 54.6 Å². The number of methoxy groups -OCH3 is 1. The molecule has 0 spiro atoms. The summed E-state index contributed by atoms with van der Waals surface area (Å²) < 4.78 is 5.31. The first-order valence-corrected chi connectivity index (χ1v) is 12.4. The van der Waals surface area contributed by atoms with E-state index >= 15 is 0 Å². The molecule has 7 heteroatoms. The molecule has 3 aromatic rings. The lowest BCUT2D eigenvalue weighted by Crippen LogP contribution is -2.44. The van der Waals surface area contributed by atoms with E-state index in [-0.39, 0.29) is 16.8 Å². The number of H-pyrrole nitrogens is 1. The molecule has 1 N–H and O–H groups in total. The van der Waals surface area contributed by atoms with Gasteiger partial charge in [-0.1, -0.05) is 68.1 Å². The molecule has 1 saturated carbocycles. The number of ether oxygens (including phenoxy) is 1. The first-order chi connectivity index (χ1) is 16.3. The highest BCUT2D eigenvalue weighted by atomic mass is 32.2. The van der Waals surface area contributed by atoms with Gasteiger partial charge in [0.1, 0.15) is 11.5 Å². The summed E-state index contributed by atoms with van der Waals surface area (Å²) in [5.74, 6) is 1.11. The van der Waals surface area contributed by atoms with Crippen molar-refractivity contribution in [1.82, 2.24) is 9.97 Å². The van der Waals surface area contributed by atoms with Crippen LogP contribution < -0.4 is 10.3 Å². The van der Waals surface area contributed by atoms with Crippen LogP contribution in [-0.2, 0) is 10.5 Å². The van der Waals surface area contributed by atoms with Gasteiger partial charge in [-0.3, -0.25) is 9.59 Å². The molecule has 174 valence electrons. The number of nitrogens with one attached hydrogen (secondary N) is 1. The third-order valence-corrected chi connectivity index (χ3v) is 7.46. The normalized spacial score (nSPS) is 20.8. The maximum absolute atomic E-state index is 13.4. The van der Waals surface area contributed by atoms with Crippen LogP contribution in [0.25, 0.3) is 0 Å². The molecule has 1 fully saturated rings. The van der Waals surface area contributed by atoms with Crippen molar-refractivity contribution >= 4 is 29.1 Å². The zero-order valence-corrected chi connectivity index (χ0v) is 20.3. The number of thioether (sulfide) groups is 1. The average Bonchev–Trinajstić information content (AvgIpc) is 2.81. The Bertz CT molecular complexity index is 1310. The van der Waals surface area contributed by atoms with Gasteiger partial charge in [0, 0.05) is 23.8 Å². The van der Waals surface area contributed by atoms with Gasteiger partial charge in [-0.25, -0.2) is 9.98 Å². The van der Waals surface area contributed by atoms with Crippen molar-refractivity contribution in [2.45, 2.75) is 43.5 Å². The summed E-state index contributed by atoms with van der Waals surface area (Å²) in [5.41, 5.74) is 2.93. The summed E-state index contributed by atoms with van der Waals surface area (Å²) >= 11 is 1.47. The predicted molar refractivity (Wildman–Crippen MR) is 134 cm³/mol. The number of aliphatic imine (C=N–C) groups is 1. The fourth-order valence-corrected chi connectivity index (χ4v) is 5.81. The van der Waals surface area contributed by atoms with Gasteiger partial charge in [0.15, 0.2) is 11.0 Å². The Morgan fingerprint density at radius 1 is 1.03 bits per heavy atom. The van der Waals surface area contributed by atoms with E-state index in [1.165, 1.54) is 11.8 Å². The number of hydrogen-bond acceptors (Lipinski definition) is 6. The smallest absolute Gasteiger partial charge is 0.257 e.